The van der Waals surface area contributed by atoms with E-state index in [2.05, 4.69) is 27.7 Å². The number of halogens is 1. The topological polar surface area (TPSA) is 17.8 Å². The van der Waals surface area contributed by atoms with E-state index >= 15 is 0 Å². The van der Waals surface area contributed by atoms with Crippen molar-refractivity contribution in [3.05, 3.63) is 15.0 Å². The molecule has 1 rings (SSSR count). The van der Waals surface area contributed by atoms with Crippen LogP contribution in [0.4, 0.5) is 0 Å². The van der Waals surface area contributed by atoms with Crippen molar-refractivity contribution in [3.8, 4) is 0 Å². The van der Waals surface area contributed by atoms with E-state index in [1.54, 1.807) is 13.8 Å². The Kier molecular flexibility index (Phi) is 1.00. The first-order valence-corrected chi connectivity index (χ1v) is 3.64. The average molecular weight is 239 g/mol. The molecule has 0 atom stereocenters. The number of nitrogens with zero attached hydrogens (tertiary/aromatic N) is 2. The Morgan fingerprint density at radius 1 is 1.67 bits per heavy atom. The Morgan fingerprint density at radius 2 is 2.33 bits per heavy atom. The van der Waals surface area contributed by atoms with Crippen molar-refractivity contribution in [1.29, 1.82) is 0 Å². The first-order valence-electron chi connectivity index (χ1n) is 4.06. The number of hydrogen-bond donors (Lipinski definition) is 0. The molecular weight excluding hydrogens is 227 g/mol. The Balaban J connectivity index is 3.28. The van der Waals surface area contributed by atoms with Crippen LogP contribution in [0.25, 0.3) is 0 Å². The lowest BCUT2D eigenvalue weighted by Crippen LogP contribution is -1.92. The van der Waals surface area contributed by atoms with Gasteiger partial charge in [0.2, 0.25) is 0 Å². The van der Waals surface area contributed by atoms with Gasteiger partial charge in [0.25, 0.3) is 0 Å². The highest BCUT2D eigenvalue weighted by atomic mass is 127. The van der Waals surface area contributed by atoms with E-state index in [-0.39, 0.29) is 0 Å². The standard InChI is InChI=1S/C6H9IN2/c1-4-6(7)5(2)9(3)8-4/h1-3H3/i3D3. The highest BCUT2D eigenvalue weighted by molar-refractivity contribution is 14.1. The van der Waals surface area contributed by atoms with Gasteiger partial charge in [0.1, 0.15) is 0 Å². The van der Waals surface area contributed by atoms with E-state index in [1.807, 2.05) is 0 Å². The van der Waals surface area contributed by atoms with E-state index < -0.39 is 6.98 Å². The SMILES string of the molecule is [2H]C([2H])([2H])n1nc(C)c(I)c1C. The number of rotatable bonds is 0. The largest absolute Gasteiger partial charge is 0.272 e. The predicted octanol–water partition coefficient (Wildman–Crippen LogP) is 1.64. The molecule has 0 N–H and O–H groups in total. The summed E-state index contributed by atoms with van der Waals surface area (Å²) in [6.07, 6.45) is 0. The van der Waals surface area contributed by atoms with Crippen LogP contribution in [0.1, 0.15) is 15.5 Å². The molecule has 0 aliphatic carbocycles. The molecule has 0 fully saturated rings. The third kappa shape index (κ3) is 1.10. The van der Waals surface area contributed by atoms with Gasteiger partial charge < -0.3 is 0 Å². The van der Waals surface area contributed by atoms with Gasteiger partial charge >= 0.3 is 0 Å². The van der Waals surface area contributed by atoms with Gasteiger partial charge in [-0.3, -0.25) is 4.68 Å². The van der Waals surface area contributed by atoms with Crippen molar-refractivity contribution in [1.82, 2.24) is 9.78 Å². The Bertz CT molecular complexity index is 302. The minimum atomic E-state index is -2.15. The normalized spacial score (nSPS) is 16.6. The van der Waals surface area contributed by atoms with Crippen LogP contribution in [0.3, 0.4) is 0 Å². The van der Waals surface area contributed by atoms with E-state index in [1.165, 1.54) is 0 Å². The van der Waals surface area contributed by atoms with Crippen LogP contribution in [0.15, 0.2) is 0 Å². The van der Waals surface area contributed by atoms with E-state index in [4.69, 9.17) is 4.11 Å². The number of aromatic nitrogens is 2. The highest BCUT2D eigenvalue weighted by Crippen LogP contribution is 2.13. The smallest absolute Gasteiger partial charge is 0.0729 e. The van der Waals surface area contributed by atoms with E-state index in [0.29, 0.717) is 5.69 Å². The molecule has 1 aromatic heterocycles. The summed E-state index contributed by atoms with van der Waals surface area (Å²) in [7, 11) is 0. The first-order chi connectivity index (χ1) is 5.34. The van der Waals surface area contributed by atoms with Crippen molar-refractivity contribution in [2.45, 2.75) is 13.8 Å². The molecule has 0 aliphatic heterocycles. The predicted molar refractivity (Wildman–Crippen MR) is 45.4 cm³/mol. The molecule has 0 bridgehead atoms. The summed E-state index contributed by atoms with van der Waals surface area (Å²) in [4.78, 5) is 0. The van der Waals surface area contributed by atoms with Gasteiger partial charge in [-0.1, -0.05) is 0 Å². The second kappa shape index (κ2) is 2.28. The molecule has 0 aliphatic rings. The maximum absolute atomic E-state index is 7.15. The maximum atomic E-state index is 7.15. The maximum Gasteiger partial charge on any atom is 0.0729 e. The second-order valence-electron chi connectivity index (χ2n) is 1.90. The van der Waals surface area contributed by atoms with Crippen molar-refractivity contribution < 1.29 is 4.11 Å². The molecule has 0 saturated heterocycles. The molecule has 0 aromatic carbocycles. The van der Waals surface area contributed by atoms with Crippen LogP contribution >= 0.6 is 22.6 Å². The van der Waals surface area contributed by atoms with Crippen molar-refractivity contribution in [3.63, 3.8) is 0 Å². The van der Waals surface area contributed by atoms with Gasteiger partial charge in [0.15, 0.2) is 0 Å². The zero-order valence-electron chi connectivity index (χ0n) is 8.27. The van der Waals surface area contributed by atoms with E-state index in [9.17, 15) is 0 Å². The molecule has 1 aromatic rings. The monoisotopic (exact) mass is 239 g/mol. The number of aryl methyl sites for hydroxylation is 2. The van der Waals surface area contributed by atoms with Crippen LogP contribution in [0, 0.1) is 17.4 Å². The third-order valence-electron chi connectivity index (χ3n) is 1.20. The average Bonchev–Trinajstić information content (AvgIpc) is 2.15. The van der Waals surface area contributed by atoms with Gasteiger partial charge in [0.05, 0.1) is 9.26 Å². The fraction of sp³-hybridized carbons (Fsp3) is 0.500. The van der Waals surface area contributed by atoms with Crippen molar-refractivity contribution in [2.75, 3.05) is 0 Å². The number of hydrogen-bond acceptors (Lipinski definition) is 1. The molecule has 1 heterocycles. The molecular formula is C6H9IN2. The van der Waals surface area contributed by atoms with Crippen molar-refractivity contribution >= 4 is 22.6 Å². The molecule has 0 radical (unpaired) electrons. The van der Waals surface area contributed by atoms with Crippen molar-refractivity contribution in [2.24, 2.45) is 6.98 Å². The third-order valence-corrected chi connectivity index (χ3v) is 2.76. The summed E-state index contributed by atoms with van der Waals surface area (Å²) >= 11 is 2.10. The fourth-order valence-electron chi connectivity index (χ4n) is 0.624. The second-order valence-corrected chi connectivity index (χ2v) is 2.98. The molecule has 0 spiro atoms. The molecule has 3 heteroatoms. The van der Waals surface area contributed by atoms with Gasteiger partial charge in [-0.05, 0) is 36.4 Å². The van der Waals surface area contributed by atoms with Crippen LogP contribution in [-0.4, -0.2) is 9.78 Å². The summed E-state index contributed by atoms with van der Waals surface area (Å²) in [6.45, 7) is 1.41. The summed E-state index contributed by atoms with van der Waals surface area (Å²) in [5, 5.41) is 3.93. The van der Waals surface area contributed by atoms with E-state index in [0.717, 1.165) is 13.9 Å². The van der Waals surface area contributed by atoms with Crippen LogP contribution < -0.4 is 0 Å². The molecule has 0 amide bonds. The molecule has 0 saturated carbocycles. The molecule has 2 nitrogen and oxygen atoms in total. The molecule has 50 valence electrons. The minimum absolute atomic E-state index is 0.702. The summed E-state index contributed by atoms with van der Waals surface area (Å²) in [6, 6.07) is 0. The minimum Gasteiger partial charge on any atom is -0.272 e. The summed E-state index contributed by atoms with van der Waals surface area (Å²) in [5.41, 5.74) is 1.47. The fourth-order valence-corrected chi connectivity index (χ4v) is 0.960. The quantitative estimate of drug-likeness (QED) is 0.629. The molecule has 9 heavy (non-hydrogen) atoms. The first kappa shape index (κ1) is 3.95. The zero-order valence-corrected chi connectivity index (χ0v) is 7.43. The lowest BCUT2D eigenvalue weighted by Gasteiger charge is -1.89. The highest BCUT2D eigenvalue weighted by Gasteiger charge is 2.03. The zero-order chi connectivity index (χ0) is 9.52. The molecule has 0 unspecified atom stereocenters. The summed E-state index contributed by atoms with van der Waals surface area (Å²) in [5.74, 6) is 0. The Labute approximate surface area is 72.6 Å². The van der Waals surface area contributed by atoms with Gasteiger partial charge in [-0.2, -0.15) is 5.10 Å². The lowest BCUT2D eigenvalue weighted by atomic mass is 10.4. The Hall–Kier alpha value is -0.0600. The van der Waals surface area contributed by atoms with Gasteiger partial charge in [-0.15, -0.1) is 0 Å². The van der Waals surface area contributed by atoms with Gasteiger partial charge in [0, 0.05) is 16.8 Å². The Morgan fingerprint density at radius 3 is 2.56 bits per heavy atom. The van der Waals surface area contributed by atoms with Crippen LogP contribution in [0.2, 0.25) is 0 Å². The summed E-state index contributed by atoms with van der Waals surface area (Å²) < 4.78 is 23.5. The van der Waals surface area contributed by atoms with Gasteiger partial charge in [-0.25, -0.2) is 0 Å². The van der Waals surface area contributed by atoms with Crippen LogP contribution in [0.5, 0.6) is 0 Å². The van der Waals surface area contributed by atoms with Crippen LogP contribution in [-0.2, 0) is 6.98 Å². The lowest BCUT2D eigenvalue weighted by molar-refractivity contribution is 0.731.